The van der Waals surface area contributed by atoms with Crippen molar-refractivity contribution in [1.29, 1.82) is 0 Å². The predicted octanol–water partition coefficient (Wildman–Crippen LogP) is 4.16. The van der Waals surface area contributed by atoms with Crippen LogP contribution >= 0.6 is 11.6 Å². The van der Waals surface area contributed by atoms with Gasteiger partial charge in [0.2, 0.25) is 0 Å². The summed E-state index contributed by atoms with van der Waals surface area (Å²) in [5.41, 5.74) is 6.83. The van der Waals surface area contributed by atoms with Crippen LogP contribution in [-0.4, -0.2) is 70.6 Å². The van der Waals surface area contributed by atoms with Gasteiger partial charge in [-0.25, -0.2) is 4.79 Å². The minimum atomic E-state index is -0.315. The fraction of sp³-hybridized carbons (Fsp3) is 0.727. The van der Waals surface area contributed by atoms with Crippen molar-refractivity contribution in [3.05, 3.63) is 47.1 Å². The van der Waals surface area contributed by atoms with Crippen molar-refractivity contribution in [1.82, 2.24) is 15.5 Å². The van der Waals surface area contributed by atoms with Crippen LogP contribution in [0, 0.1) is 12.1 Å². The van der Waals surface area contributed by atoms with Crippen molar-refractivity contribution in [3.63, 3.8) is 0 Å². The molecule has 1 saturated heterocycles. The Morgan fingerprint density at radius 2 is 1.98 bits per heavy atom. The molecule has 1 aliphatic carbocycles. The fourth-order valence-electron chi connectivity index (χ4n) is 4.11. The number of hydrogen-bond donors (Lipinski definition) is 3. The van der Waals surface area contributed by atoms with E-state index in [0.29, 0.717) is 12.0 Å². The number of ether oxygens (including phenoxy) is 2. The van der Waals surface area contributed by atoms with Gasteiger partial charge < -0.3 is 36.9 Å². The first-order chi connectivity index (χ1) is 19.8. The van der Waals surface area contributed by atoms with E-state index < -0.39 is 0 Å². The molecule has 2 atom stereocenters. The Hall–Kier alpha value is -0.800. The van der Waals surface area contributed by atoms with E-state index >= 15 is 0 Å². The second kappa shape index (κ2) is 30.2. The molecule has 0 spiro atoms. The van der Waals surface area contributed by atoms with Gasteiger partial charge >= 0.3 is 35.7 Å². The molecule has 1 aromatic rings. The third-order valence-corrected chi connectivity index (χ3v) is 7.27. The molecule has 9 heteroatoms. The zero-order valence-electron chi connectivity index (χ0n) is 27.9. The summed E-state index contributed by atoms with van der Waals surface area (Å²) in [5, 5.41) is 6.51. The largest absolute Gasteiger partial charge is 1.00 e. The van der Waals surface area contributed by atoms with Crippen LogP contribution in [0.3, 0.4) is 0 Å². The maximum atomic E-state index is 10.6. The maximum Gasteiger partial charge on any atom is 1.00 e. The molecule has 1 heterocycles. The molecule has 0 radical (unpaired) electrons. The van der Waals surface area contributed by atoms with Crippen molar-refractivity contribution >= 4 is 17.7 Å². The van der Waals surface area contributed by atoms with Gasteiger partial charge in [0.25, 0.3) is 0 Å². The normalized spacial score (nSPS) is 16.5. The number of rotatable bonds is 12. The average Bonchev–Trinajstić information content (AvgIpc) is 2.96. The van der Waals surface area contributed by atoms with E-state index in [1.165, 1.54) is 38.4 Å². The third-order valence-electron chi connectivity index (χ3n) is 7.04. The maximum absolute atomic E-state index is 10.6. The number of allylic oxidation sites excluding steroid dienone is 1. The SMILES string of the molecule is CCC=[C-]N(CC)CCC(C)c1cccc(Cl)c1.CCCNC.COC(=O)NCCC1CCC1.NC1CCCOC1.[Na+]. The molecule has 1 aliphatic heterocycles. The number of benzene rings is 1. The Morgan fingerprint density at radius 3 is 2.40 bits per heavy atom. The number of nitrogens with one attached hydrogen (secondary N) is 2. The molecule has 238 valence electrons. The molecule has 0 aromatic heterocycles. The van der Waals surface area contributed by atoms with Gasteiger partial charge in [0, 0.05) is 24.2 Å². The number of alkyl carbamates (subject to hydrolysis) is 1. The molecule has 2 fully saturated rings. The number of nitrogens with zero attached hydrogens (tertiary/aromatic N) is 1. The fourth-order valence-corrected chi connectivity index (χ4v) is 4.31. The number of carbonyl (C=O) groups is 1. The van der Waals surface area contributed by atoms with Crippen LogP contribution in [0.15, 0.2) is 30.3 Å². The number of methoxy groups -OCH3 is 1. The number of hydrogen-bond acceptors (Lipinski definition) is 6. The minimum absolute atomic E-state index is 0. The van der Waals surface area contributed by atoms with Gasteiger partial charge in [-0.15, -0.1) is 0 Å². The third kappa shape index (κ3) is 24.6. The Kier molecular flexibility index (Phi) is 31.2. The summed E-state index contributed by atoms with van der Waals surface area (Å²) < 4.78 is 9.49. The predicted molar refractivity (Wildman–Crippen MR) is 174 cm³/mol. The summed E-state index contributed by atoms with van der Waals surface area (Å²) in [4.78, 5) is 12.8. The Morgan fingerprint density at radius 1 is 1.24 bits per heavy atom. The molecule has 2 unspecified atom stereocenters. The molecule has 1 amide bonds. The summed E-state index contributed by atoms with van der Waals surface area (Å²) in [6, 6.07) is 8.48. The summed E-state index contributed by atoms with van der Waals surface area (Å²) in [5.74, 6) is 1.38. The van der Waals surface area contributed by atoms with E-state index in [4.69, 9.17) is 22.1 Å². The Balaban J connectivity index is 0. The monoisotopic (exact) mass is 618 g/mol. The number of amides is 1. The zero-order valence-corrected chi connectivity index (χ0v) is 30.6. The van der Waals surface area contributed by atoms with Gasteiger partial charge in [-0.3, -0.25) is 6.08 Å². The second-order valence-electron chi connectivity index (χ2n) is 10.7. The second-order valence-corrected chi connectivity index (χ2v) is 11.1. The van der Waals surface area contributed by atoms with E-state index in [1.807, 2.05) is 19.2 Å². The van der Waals surface area contributed by atoms with E-state index in [-0.39, 0.29) is 35.7 Å². The molecule has 0 bridgehead atoms. The van der Waals surface area contributed by atoms with Crippen LogP contribution in [0.1, 0.15) is 97.0 Å². The van der Waals surface area contributed by atoms with Crippen molar-refractivity contribution in [2.45, 2.75) is 97.4 Å². The first kappa shape index (κ1) is 43.3. The molecule has 3 rings (SSSR count). The summed E-state index contributed by atoms with van der Waals surface area (Å²) in [6.07, 6.45) is 15.9. The van der Waals surface area contributed by atoms with Gasteiger partial charge in [0.05, 0.1) is 13.7 Å². The van der Waals surface area contributed by atoms with Gasteiger partial charge in [0.1, 0.15) is 0 Å². The average molecular weight is 619 g/mol. The Labute approximate surface area is 285 Å². The van der Waals surface area contributed by atoms with Crippen LogP contribution < -0.4 is 45.9 Å². The first-order valence-corrected chi connectivity index (χ1v) is 16.1. The van der Waals surface area contributed by atoms with Gasteiger partial charge in [0.15, 0.2) is 0 Å². The van der Waals surface area contributed by atoms with E-state index in [0.717, 1.165) is 82.4 Å². The van der Waals surface area contributed by atoms with E-state index in [9.17, 15) is 4.79 Å². The summed E-state index contributed by atoms with van der Waals surface area (Å²) in [6.45, 7) is 14.3. The van der Waals surface area contributed by atoms with E-state index in [1.54, 1.807) is 0 Å². The molecule has 1 aromatic carbocycles. The number of halogens is 1. The van der Waals surface area contributed by atoms with Gasteiger partial charge in [-0.05, 0) is 88.3 Å². The molecular formula is C33H60ClN4NaO3. The minimum Gasteiger partial charge on any atom is -0.555 e. The zero-order chi connectivity index (χ0) is 30.7. The van der Waals surface area contributed by atoms with Gasteiger partial charge in [-0.2, -0.15) is 0 Å². The smallest absolute Gasteiger partial charge is 0.555 e. The number of nitrogens with two attached hydrogens (primary N) is 1. The topological polar surface area (TPSA) is 88.9 Å². The summed E-state index contributed by atoms with van der Waals surface area (Å²) >= 11 is 6.02. The van der Waals surface area contributed by atoms with Crippen molar-refractivity contribution in [3.8, 4) is 0 Å². The molecule has 1 saturated carbocycles. The quantitative estimate of drug-likeness (QED) is 0.185. The first-order valence-electron chi connectivity index (χ1n) is 15.7. The van der Waals surface area contributed by atoms with Gasteiger partial charge in [-0.1, -0.05) is 77.1 Å². The van der Waals surface area contributed by atoms with Crippen molar-refractivity contribution in [2.24, 2.45) is 11.7 Å². The van der Waals surface area contributed by atoms with Crippen molar-refractivity contribution < 1.29 is 43.8 Å². The van der Waals surface area contributed by atoms with E-state index in [2.05, 4.69) is 72.4 Å². The molecular weight excluding hydrogens is 559 g/mol. The van der Waals surface area contributed by atoms with Crippen LogP contribution in [0.5, 0.6) is 0 Å². The molecule has 2 aliphatic rings. The van der Waals surface area contributed by atoms with Crippen LogP contribution in [-0.2, 0) is 9.47 Å². The van der Waals surface area contributed by atoms with Crippen LogP contribution in [0.25, 0.3) is 0 Å². The molecule has 42 heavy (non-hydrogen) atoms. The molecule has 4 N–H and O–H groups in total. The standard InChI is InChI=1S/C16H23ClN.C8H15NO2.C5H11NO.C4H11N.Na/c1-4-6-11-18(5-2)12-10-14(3)15-8-7-9-16(17)13-15;1-11-8(10)9-6-5-7-3-2-4-7;6-5-2-1-3-7-4-5;1-3-4-5-2;/h6-9,13-14H,4-5,10,12H2,1-3H3;7H,2-6H2,1H3,(H,9,10);5H,1-4,6H2;5H,3-4H2,1-2H3;/q-1;;;;+1. The molecule has 7 nitrogen and oxygen atoms in total. The van der Waals surface area contributed by atoms with Crippen LogP contribution in [0.4, 0.5) is 4.79 Å². The Bertz CT molecular complexity index is 775. The number of carbonyl (C=O) groups excluding carboxylic acids is 1. The van der Waals surface area contributed by atoms with Crippen LogP contribution in [0.2, 0.25) is 5.02 Å². The van der Waals surface area contributed by atoms with Crippen molar-refractivity contribution in [2.75, 3.05) is 53.6 Å². The summed E-state index contributed by atoms with van der Waals surface area (Å²) in [7, 11) is 3.35.